The molecule has 60 valence electrons. The maximum atomic E-state index is 11.9. The summed E-state index contributed by atoms with van der Waals surface area (Å²) in [5, 5.41) is 0. The average molecular weight is 153 g/mol. The third kappa shape index (κ3) is 0.905. The molecule has 0 unspecified atom stereocenters. The van der Waals surface area contributed by atoms with Crippen molar-refractivity contribution in [3.05, 3.63) is 0 Å². The Morgan fingerprint density at radius 2 is 1.60 bits per heavy atom. The molecule has 0 aromatic carbocycles. The van der Waals surface area contributed by atoms with Crippen LogP contribution in [0.5, 0.6) is 0 Å². The third-order valence-electron chi connectivity index (χ3n) is 2.26. The summed E-state index contributed by atoms with van der Waals surface area (Å²) in [6, 6.07) is -0.701. The van der Waals surface area contributed by atoms with Crippen molar-refractivity contribution in [1.29, 1.82) is 0 Å². The van der Waals surface area contributed by atoms with E-state index in [9.17, 15) is 13.2 Å². The molecule has 1 fully saturated rings. The minimum absolute atomic E-state index is 0.701. The summed E-state index contributed by atoms with van der Waals surface area (Å²) in [5.74, 6) is -1.29. The molecule has 2 N–H and O–H groups in total. The van der Waals surface area contributed by atoms with E-state index in [1.54, 1.807) is 0 Å². The minimum atomic E-state index is -4.11. The van der Waals surface area contributed by atoms with Gasteiger partial charge >= 0.3 is 6.18 Å². The highest BCUT2D eigenvalue weighted by molar-refractivity contribution is 5.11. The smallest absolute Gasteiger partial charge is 0.327 e. The summed E-state index contributed by atoms with van der Waals surface area (Å²) in [6.45, 7) is 3.08. The van der Waals surface area contributed by atoms with Crippen molar-refractivity contribution in [1.82, 2.24) is 0 Å². The van der Waals surface area contributed by atoms with Gasteiger partial charge in [0.15, 0.2) is 0 Å². The third-order valence-corrected chi connectivity index (χ3v) is 2.26. The molecule has 0 radical (unpaired) electrons. The Kier molecular flexibility index (Phi) is 1.31. The molecule has 1 aliphatic rings. The van der Waals surface area contributed by atoms with Crippen LogP contribution in [0.4, 0.5) is 13.2 Å². The van der Waals surface area contributed by atoms with Gasteiger partial charge in [0.05, 0.1) is 5.92 Å². The van der Waals surface area contributed by atoms with Gasteiger partial charge in [0.1, 0.15) is 0 Å². The van der Waals surface area contributed by atoms with Crippen molar-refractivity contribution in [3.8, 4) is 0 Å². The lowest BCUT2D eigenvalue weighted by atomic mass is 10.1. The van der Waals surface area contributed by atoms with E-state index in [4.69, 9.17) is 5.73 Å². The molecular weight excluding hydrogens is 143 g/mol. The van der Waals surface area contributed by atoms with Crippen LogP contribution in [-0.2, 0) is 0 Å². The van der Waals surface area contributed by atoms with Crippen LogP contribution in [0, 0.1) is 11.3 Å². The fraction of sp³-hybridized carbons (Fsp3) is 1.00. The van der Waals surface area contributed by atoms with Gasteiger partial charge in [0, 0.05) is 6.04 Å². The van der Waals surface area contributed by atoms with Crippen LogP contribution in [0.3, 0.4) is 0 Å². The second-order valence-electron chi connectivity index (χ2n) is 3.37. The first-order valence-corrected chi connectivity index (χ1v) is 3.10. The molecule has 1 rings (SSSR count). The zero-order valence-electron chi connectivity index (χ0n) is 5.87. The van der Waals surface area contributed by atoms with Crippen molar-refractivity contribution in [2.24, 2.45) is 17.1 Å². The second-order valence-corrected chi connectivity index (χ2v) is 3.37. The van der Waals surface area contributed by atoms with Crippen LogP contribution in [0.25, 0.3) is 0 Å². The number of hydrogen-bond acceptors (Lipinski definition) is 1. The van der Waals surface area contributed by atoms with E-state index in [-0.39, 0.29) is 0 Å². The van der Waals surface area contributed by atoms with Crippen molar-refractivity contribution >= 4 is 0 Å². The van der Waals surface area contributed by atoms with Crippen LogP contribution in [0.15, 0.2) is 0 Å². The standard InChI is InChI=1S/C6H10F3N/c1-5(2)3(4(5)10)6(7,8)9/h3-4H,10H2,1-2H3/t3-,4-/m0/s1. The Labute approximate surface area is 57.4 Å². The maximum absolute atomic E-state index is 11.9. The van der Waals surface area contributed by atoms with Gasteiger partial charge in [0.25, 0.3) is 0 Å². The van der Waals surface area contributed by atoms with Gasteiger partial charge in [-0.05, 0) is 5.41 Å². The van der Waals surface area contributed by atoms with Crippen LogP contribution in [-0.4, -0.2) is 12.2 Å². The molecular formula is C6H10F3N. The minimum Gasteiger partial charge on any atom is -0.327 e. The molecule has 0 aromatic heterocycles. The first-order chi connectivity index (χ1) is 4.28. The summed E-state index contributed by atoms with van der Waals surface area (Å²) in [4.78, 5) is 0. The van der Waals surface area contributed by atoms with E-state index in [2.05, 4.69) is 0 Å². The number of rotatable bonds is 0. The normalized spacial score (nSPS) is 37.8. The van der Waals surface area contributed by atoms with E-state index in [1.165, 1.54) is 13.8 Å². The zero-order valence-corrected chi connectivity index (χ0v) is 5.87. The van der Waals surface area contributed by atoms with Crippen LogP contribution in [0.1, 0.15) is 13.8 Å². The monoisotopic (exact) mass is 153 g/mol. The number of nitrogens with two attached hydrogens (primary N) is 1. The van der Waals surface area contributed by atoms with Gasteiger partial charge in [-0.25, -0.2) is 0 Å². The Morgan fingerprint density at radius 3 is 1.60 bits per heavy atom. The molecule has 10 heavy (non-hydrogen) atoms. The Morgan fingerprint density at radius 1 is 1.30 bits per heavy atom. The summed E-state index contributed by atoms with van der Waals surface area (Å²) in [5.41, 5.74) is 4.47. The van der Waals surface area contributed by atoms with Gasteiger partial charge in [-0.3, -0.25) is 0 Å². The molecule has 1 aliphatic carbocycles. The number of hydrogen-bond donors (Lipinski definition) is 1. The average Bonchev–Trinajstić information content (AvgIpc) is 2.03. The van der Waals surface area contributed by atoms with E-state index < -0.39 is 23.6 Å². The van der Waals surface area contributed by atoms with Crippen LogP contribution in [0.2, 0.25) is 0 Å². The van der Waals surface area contributed by atoms with E-state index in [1.807, 2.05) is 0 Å². The van der Waals surface area contributed by atoms with Crippen molar-refractivity contribution in [3.63, 3.8) is 0 Å². The lowest BCUT2D eigenvalue weighted by Gasteiger charge is -2.05. The molecule has 4 heteroatoms. The molecule has 0 aliphatic heterocycles. The maximum Gasteiger partial charge on any atom is 0.393 e. The van der Waals surface area contributed by atoms with Crippen LogP contribution >= 0.6 is 0 Å². The number of alkyl halides is 3. The predicted octanol–water partition coefficient (Wildman–Crippen LogP) is 1.53. The van der Waals surface area contributed by atoms with E-state index in [0.29, 0.717) is 0 Å². The molecule has 0 bridgehead atoms. The number of halogens is 3. The van der Waals surface area contributed by atoms with E-state index in [0.717, 1.165) is 0 Å². The SMILES string of the molecule is CC1(C)[C@@H](C(F)(F)F)[C@@H]1N. The fourth-order valence-corrected chi connectivity index (χ4v) is 1.30. The van der Waals surface area contributed by atoms with Crippen LogP contribution < -0.4 is 5.73 Å². The summed E-state index contributed by atoms with van der Waals surface area (Å²) < 4.78 is 35.7. The zero-order chi connectivity index (χ0) is 8.15. The highest BCUT2D eigenvalue weighted by Gasteiger charge is 2.68. The van der Waals surface area contributed by atoms with E-state index >= 15 is 0 Å². The highest BCUT2D eigenvalue weighted by Crippen LogP contribution is 2.58. The molecule has 0 heterocycles. The summed E-state index contributed by atoms with van der Waals surface area (Å²) in [6.07, 6.45) is -4.11. The first kappa shape index (κ1) is 7.85. The molecule has 0 amide bonds. The second kappa shape index (κ2) is 1.67. The molecule has 2 atom stereocenters. The molecule has 1 nitrogen and oxygen atoms in total. The molecule has 1 saturated carbocycles. The predicted molar refractivity (Wildman–Crippen MR) is 31.3 cm³/mol. The largest absolute Gasteiger partial charge is 0.393 e. The Hall–Kier alpha value is -0.250. The Bertz CT molecular complexity index is 139. The summed E-state index contributed by atoms with van der Waals surface area (Å²) in [7, 11) is 0. The van der Waals surface area contributed by atoms with Crippen molar-refractivity contribution < 1.29 is 13.2 Å². The molecule has 0 aromatic rings. The van der Waals surface area contributed by atoms with Crippen molar-refractivity contribution in [2.45, 2.75) is 26.1 Å². The van der Waals surface area contributed by atoms with Gasteiger partial charge in [-0.1, -0.05) is 13.8 Å². The molecule has 0 spiro atoms. The van der Waals surface area contributed by atoms with Crippen molar-refractivity contribution in [2.75, 3.05) is 0 Å². The topological polar surface area (TPSA) is 26.0 Å². The van der Waals surface area contributed by atoms with Gasteiger partial charge < -0.3 is 5.73 Å². The Balaban J connectivity index is 2.66. The quantitative estimate of drug-likeness (QED) is 0.561. The van der Waals surface area contributed by atoms with Gasteiger partial charge in [-0.15, -0.1) is 0 Å². The highest BCUT2D eigenvalue weighted by atomic mass is 19.4. The lowest BCUT2D eigenvalue weighted by molar-refractivity contribution is -0.155. The first-order valence-electron chi connectivity index (χ1n) is 3.10. The fourth-order valence-electron chi connectivity index (χ4n) is 1.30. The molecule has 0 saturated heterocycles. The van der Waals surface area contributed by atoms with Gasteiger partial charge in [-0.2, -0.15) is 13.2 Å². The summed E-state index contributed by atoms with van der Waals surface area (Å²) >= 11 is 0. The lowest BCUT2D eigenvalue weighted by Crippen LogP contribution is -2.17. The van der Waals surface area contributed by atoms with Gasteiger partial charge in [0.2, 0.25) is 0 Å².